The molecule has 88 valence electrons. The predicted octanol–water partition coefficient (Wildman–Crippen LogP) is 2.49. The molecule has 0 bridgehead atoms. The highest BCUT2D eigenvalue weighted by Crippen LogP contribution is 2.20. The number of halogens is 1. The Morgan fingerprint density at radius 1 is 1.41 bits per heavy atom. The van der Waals surface area contributed by atoms with Crippen molar-refractivity contribution in [3.8, 4) is 0 Å². The lowest BCUT2D eigenvalue weighted by Gasteiger charge is -2.07. The van der Waals surface area contributed by atoms with E-state index in [1.807, 2.05) is 6.07 Å². The van der Waals surface area contributed by atoms with Crippen LogP contribution in [0.4, 0.5) is 0 Å². The number of pyridine rings is 1. The van der Waals surface area contributed by atoms with E-state index in [1.165, 1.54) is 7.11 Å². The van der Waals surface area contributed by atoms with Crippen molar-refractivity contribution in [3.05, 3.63) is 40.5 Å². The molecule has 1 aromatic carbocycles. The van der Waals surface area contributed by atoms with Crippen molar-refractivity contribution < 1.29 is 9.63 Å². The van der Waals surface area contributed by atoms with Crippen LogP contribution in [0.5, 0.6) is 0 Å². The fourth-order valence-corrected chi connectivity index (χ4v) is 1.80. The summed E-state index contributed by atoms with van der Waals surface area (Å²) in [6, 6.07) is 7.11. The molecule has 0 atom stereocenters. The number of benzene rings is 1. The lowest BCUT2D eigenvalue weighted by Crippen LogP contribution is -2.23. The van der Waals surface area contributed by atoms with Crippen LogP contribution in [0.15, 0.2) is 24.3 Å². The number of rotatable bonds is 2. The topological polar surface area (TPSA) is 51.2 Å². The standard InChI is InChI=1S/C12H11ClN2O2/c1-7-10(12(16)15-17-2)6-8-5-9(13)3-4-11(8)14-7/h3-6H,1-2H3,(H,15,16). The fraction of sp³-hybridized carbons (Fsp3) is 0.167. The van der Waals surface area contributed by atoms with Gasteiger partial charge in [0.05, 0.1) is 23.9 Å². The van der Waals surface area contributed by atoms with Gasteiger partial charge >= 0.3 is 0 Å². The van der Waals surface area contributed by atoms with Crippen molar-refractivity contribution in [2.75, 3.05) is 7.11 Å². The second-order valence-corrected chi connectivity index (χ2v) is 4.03. The van der Waals surface area contributed by atoms with E-state index < -0.39 is 0 Å². The van der Waals surface area contributed by atoms with Gasteiger partial charge in [0, 0.05) is 10.4 Å². The average molecular weight is 251 g/mol. The SMILES string of the molecule is CONC(=O)c1cc2cc(Cl)ccc2nc1C. The van der Waals surface area contributed by atoms with Crippen molar-refractivity contribution >= 4 is 28.4 Å². The average Bonchev–Trinajstić information content (AvgIpc) is 2.29. The van der Waals surface area contributed by atoms with E-state index in [4.69, 9.17) is 11.6 Å². The fourth-order valence-electron chi connectivity index (χ4n) is 1.62. The summed E-state index contributed by atoms with van der Waals surface area (Å²) in [7, 11) is 1.39. The van der Waals surface area contributed by atoms with E-state index >= 15 is 0 Å². The molecule has 1 heterocycles. The van der Waals surface area contributed by atoms with Crippen LogP contribution >= 0.6 is 11.6 Å². The number of hydrogen-bond acceptors (Lipinski definition) is 3. The molecule has 0 saturated carbocycles. The normalized spacial score (nSPS) is 10.5. The Kier molecular flexibility index (Phi) is 3.26. The number of hydroxylamine groups is 1. The van der Waals surface area contributed by atoms with Crippen LogP contribution in [0, 0.1) is 6.92 Å². The van der Waals surface area contributed by atoms with Crippen molar-refractivity contribution in [2.45, 2.75) is 6.92 Å². The van der Waals surface area contributed by atoms with E-state index in [1.54, 1.807) is 25.1 Å². The van der Waals surface area contributed by atoms with Gasteiger partial charge in [0.2, 0.25) is 0 Å². The number of hydrogen-bond donors (Lipinski definition) is 1. The van der Waals surface area contributed by atoms with Crippen molar-refractivity contribution in [1.82, 2.24) is 10.5 Å². The maximum Gasteiger partial charge on any atom is 0.276 e. The van der Waals surface area contributed by atoms with Gasteiger partial charge in [-0.2, -0.15) is 0 Å². The monoisotopic (exact) mass is 250 g/mol. The summed E-state index contributed by atoms with van der Waals surface area (Å²) >= 11 is 5.90. The van der Waals surface area contributed by atoms with Crippen LogP contribution < -0.4 is 5.48 Å². The number of carbonyl (C=O) groups excluding carboxylic acids is 1. The van der Waals surface area contributed by atoms with Crippen LogP contribution in [-0.4, -0.2) is 18.0 Å². The van der Waals surface area contributed by atoms with E-state index in [9.17, 15) is 4.79 Å². The molecular weight excluding hydrogens is 240 g/mol. The zero-order valence-corrected chi connectivity index (χ0v) is 10.2. The quantitative estimate of drug-likeness (QED) is 0.833. The molecule has 2 rings (SSSR count). The van der Waals surface area contributed by atoms with E-state index in [0.717, 1.165) is 10.9 Å². The first kappa shape index (κ1) is 11.8. The molecule has 0 aliphatic carbocycles. The molecule has 1 N–H and O–H groups in total. The Balaban J connectivity index is 2.57. The Bertz CT molecular complexity index is 584. The van der Waals surface area contributed by atoms with Crippen molar-refractivity contribution in [3.63, 3.8) is 0 Å². The summed E-state index contributed by atoms with van der Waals surface area (Å²) in [5.74, 6) is -0.320. The highest BCUT2D eigenvalue weighted by atomic mass is 35.5. The molecule has 0 spiro atoms. The maximum absolute atomic E-state index is 11.7. The molecule has 4 nitrogen and oxygen atoms in total. The molecule has 0 saturated heterocycles. The van der Waals surface area contributed by atoms with Gasteiger partial charge in [-0.25, -0.2) is 5.48 Å². The number of nitrogens with one attached hydrogen (secondary N) is 1. The molecule has 5 heteroatoms. The van der Waals surface area contributed by atoms with E-state index in [2.05, 4.69) is 15.3 Å². The third-order valence-corrected chi connectivity index (χ3v) is 2.64. The third-order valence-electron chi connectivity index (χ3n) is 2.41. The van der Waals surface area contributed by atoms with Crippen LogP contribution in [-0.2, 0) is 4.84 Å². The maximum atomic E-state index is 11.7. The van der Waals surface area contributed by atoms with Gasteiger partial charge in [-0.05, 0) is 31.2 Å². The zero-order chi connectivity index (χ0) is 12.4. The Labute approximate surface area is 104 Å². The van der Waals surface area contributed by atoms with Gasteiger partial charge in [0.15, 0.2) is 0 Å². The third kappa shape index (κ3) is 2.38. The smallest absolute Gasteiger partial charge is 0.276 e. The second kappa shape index (κ2) is 4.69. The molecule has 0 radical (unpaired) electrons. The minimum atomic E-state index is -0.320. The summed E-state index contributed by atoms with van der Waals surface area (Å²) in [6.07, 6.45) is 0. The summed E-state index contributed by atoms with van der Waals surface area (Å²) in [5.41, 5.74) is 4.20. The van der Waals surface area contributed by atoms with Gasteiger partial charge < -0.3 is 0 Å². The van der Waals surface area contributed by atoms with Gasteiger partial charge in [-0.3, -0.25) is 14.6 Å². The molecule has 17 heavy (non-hydrogen) atoms. The lowest BCUT2D eigenvalue weighted by atomic mass is 10.1. The van der Waals surface area contributed by atoms with Crippen LogP contribution in [0.25, 0.3) is 10.9 Å². The second-order valence-electron chi connectivity index (χ2n) is 3.59. The highest BCUT2D eigenvalue weighted by Gasteiger charge is 2.11. The van der Waals surface area contributed by atoms with Crippen LogP contribution in [0.2, 0.25) is 5.02 Å². The number of nitrogens with zero attached hydrogens (tertiary/aromatic N) is 1. The molecule has 1 amide bonds. The number of amides is 1. The summed E-state index contributed by atoms with van der Waals surface area (Å²) in [5, 5.41) is 1.44. The van der Waals surface area contributed by atoms with E-state index in [-0.39, 0.29) is 5.91 Å². The van der Waals surface area contributed by atoms with Gasteiger partial charge in [-0.15, -0.1) is 0 Å². The van der Waals surface area contributed by atoms with Crippen LogP contribution in [0.3, 0.4) is 0 Å². The lowest BCUT2D eigenvalue weighted by molar-refractivity contribution is 0.0536. The predicted molar refractivity (Wildman–Crippen MR) is 66.0 cm³/mol. The van der Waals surface area contributed by atoms with Crippen molar-refractivity contribution in [1.29, 1.82) is 0 Å². The number of aromatic nitrogens is 1. The summed E-state index contributed by atoms with van der Waals surface area (Å²) in [6.45, 7) is 1.78. The zero-order valence-electron chi connectivity index (χ0n) is 9.45. The first-order valence-electron chi connectivity index (χ1n) is 5.02. The number of aryl methyl sites for hydroxylation is 1. The van der Waals surface area contributed by atoms with E-state index in [0.29, 0.717) is 16.3 Å². The molecule has 1 aromatic heterocycles. The first-order chi connectivity index (χ1) is 8.11. The minimum absolute atomic E-state index is 0.320. The minimum Gasteiger partial charge on any atom is -0.277 e. The molecule has 0 aliphatic rings. The Morgan fingerprint density at radius 3 is 2.88 bits per heavy atom. The molecule has 0 fully saturated rings. The largest absolute Gasteiger partial charge is 0.277 e. The summed E-state index contributed by atoms with van der Waals surface area (Å²) < 4.78 is 0. The Hall–Kier alpha value is -1.65. The highest BCUT2D eigenvalue weighted by molar-refractivity contribution is 6.31. The van der Waals surface area contributed by atoms with Gasteiger partial charge in [0.25, 0.3) is 5.91 Å². The first-order valence-corrected chi connectivity index (χ1v) is 5.40. The number of fused-ring (bicyclic) bond motifs is 1. The number of carbonyl (C=O) groups is 1. The summed E-state index contributed by atoms with van der Waals surface area (Å²) in [4.78, 5) is 20.6. The molecule has 0 aliphatic heterocycles. The molecule has 0 unspecified atom stereocenters. The van der Waals surface area contributed by atoms with Crippen LogP contribution in [0.1, 0.15) is 16.1 Å². The van der Waals surface area contributed by atoms with Crippen molar-refractivity contribution in [2.24, 2.45) is 0 Å². The Morgan fingerprint density at radius 2 is 2.18 bits per heavy atom. The molecular formula is C12H11ClN2O2. The van der Waals surface area contributed by atoms with Gasteiger partial charge in [-0.1, -0.05) is 11.6 Å². The van der Waals surface area contributed by atoms with Gasteiger partial charge in [0.1, 0.15) is 0 Å². The molecule has 2 aromatic rings.